The van der Waals surface area contributed by atoms with E-state index in [4.69, 9.17) is 41.9 Å². The topological polar surface area (TPSA) is 333 Å². The lowest BCUT2D eigenvalue weighted by molar-refractivity contribution is -0.129. The summed E-state index contributed by atoms with van der Waals surface area (Å²) in [6.07, 6.45) is 9.59. The summed E-state index contributed by atoms with van der Waals surface area (Å²) in [6.45, 7) is 10.9. The van der Waals surface area contributed by atoms with Crippen LogP contribution in [0.5, 0.6) is 0 Å². The van der Waals surface area contributed by atoms with E-state index in [1.165, 1.54) is 19.3 Å². The van der Waals surface area contributed by atoms with Gasteiger partial charge in [-0.05, 0) is 64.8 Å². The van der Waals surface area contributed by atoms with Crippen molar-refractivity contribution in [3.8, 4) is 0 Å². The molecule has 0 aromatic heterocycles. The van der Waals surface area contributed by atoms with E-state index < -0.39 is 18.0 Å². The first-order chi connectivity index (χ1) is 29.8. The van der Waals surface area contributed by atoms with E-state index in [0.717, 1.165) is 12.8 Å². The number of hydrogen-bond donors (Lipinski definition) is 10. The third-order valence-corrected chi connectivity index (χ3v) is 8.11. The van der Waals surface area contributed by atoms with Crippen LogP contribution in [0, 0.1) is 0 Å². The molecule has 0 unspecified atom stereocenters. The highest BCUT2D eigenvalue weighted by molar-refractivity contribution is 5.87. The van der Waals surface area contributed by atoms with Crippen molar-refractivity contribution in [2.24, 2.45) is 22.9 Å². The van der Waals surface area contributed by atoms with E-state index in [1.807, 2.05) is 0 Å². The lowest BCUT2D eigenvalue weighted by atomic mass is 10.1. The van der Waals surface area contributed by atoms with Crippen LogP contribution in [0.1, 0.15) is 118 Å². The number of hydrogen-bond acceptors (Lipinski definition) is 15. The van der Waals surface area contributed by atoms with E-state index >= 15 is 0 Å². The minimum atomic E-state index is -0.716. The average Bonchev–Trinajstić information content (AvgIpc) is 3.22. The molecule has 0 aliphatic carbocycles. The number of primary amides is 1. The van der Waals surface area contributed by atoms with Crippen LogP contribution >= 0.6 is 0 Å². The zero-order chi connectivity index (χ0) is 47.1. The maximum Gasteiger partial charge on any atom is 0.246 e. The summed E-state index contributed by atoms with van der Waals surface area (Å²) < 4.78 is 21.0. The van der Waals surface area contributed by atoms with Gasteiger partial charge in [0.15, 0.2) is 0 Å². The van der Waals surface area contributed by atoms with Crippen molar-refractivity contribution < 1.29 is 52.5 Å². The van der Waals surface area contributed by atoms with Crippen molar-refractivity contribution in [3.63, 3.8) is 0 Å². The van der Waals surface area contributed by atoms with Gasteiger partial charge in [-0.15, -0.1) is 0 Å². The Morgan fingerprint density at radius 2 is 1.05 bits per heavy atom. The Balaban J connectivity index is -0.00000278. The van der Waals surface area contributed by atoms with Crippen molar-refractivity contribution >= 4 is 41.2 Å². The SMILES string of the molecule is CCC.CCCCCC(C)=O.NCCCC[C@H](NC(=O)CCCC(=O)NCCOCCOCC(=O)NCCOCCOCC(=O)NCN)C(=O)NCCCC[C@H](NCN)C(N)=O. The molecule has 0 aliphatic rings. The lowest BCUT2D eigenvalue weighted by Gasteiger charge is -2.19. The number of nitrogens with one attached hydrogen (secondary N) is 6. The quantitative estimate of drug-likeness (QED) is 0.0270. The van der Waals surface area contributed by atoms with Gasteiger partial charge in [0.1, 0.15) is 25.0 Å². The Morgan fingerprint density at radius 3 is 1.58 bits per heavy atom. The highest BCUT2D eigenvalue weighted by Crippen LogP contribution is 2.05. The maximum absolute atomic E-state index is 12.8. The number of Topliss-reactive ketones (excluding diaryl/α,β-unsaturated/α-hetero) is 1. The van der Waals surface area contributed by atoms with Crippen LogP contribution in [0.2, 0.25) is 0 Å². The van der Waals surface area contributed by atoms with Crippen molar-refractivity contribution in [3.05, 3.63) is 0 Å². The molecule has 0 saturated carbocycles. The first-order valence-electron chi connectivity index (χ1n) is 22.1. The van der Waals surface area contributed by atoms with Crippen molar-refractivity contribution in [1.82, 2.24) is 31.9 Å². The number of unbranched alkanes of at least 4 members (excludes halogenated alkanes) is 4. The first-order valence-corrected chi connectivity index (χ1v) is 22.1. The third-order valence-electron chi connectivity index (χ3n) is 8.11. The smallest absolute Gasteiger partial charge is 0.246 e. The molecular weight excluding hydrogens is 809 g/mol. The predicted octanol–water partition coefficient (Wildman–Crippen LogP) is -0.680. The zero-order valence-corrected chi connectivity index (χ0v) is 38.3. The summed E-state index contributed by atoms with van der Waals surface area (Å²) in [5.74, 6) is -1.63. The van der Waals surface area contributed by atoms with Gasteiger partial charge in [-0.2, -0.15) is 0 Å². The molecule has 0 heterocycles. The van der Waals surface area contributed by atoms with Gasteiger partial charge in [0.05, 0.1) is 52.4 Å². The molecule has 0 spiro atoms. The molecule has 0 fully saturated rings. The summed E-state index contributed by atoms with van der Waals surface area (Å²) in [5, 5.41) is 16.2. The fourth-order valence-corrected chi connectivity index (χ4v) is 4.96. The normalized spacial score (nSPS) is 11.4. The van der Waals surface area contributed by atoms with Crippen LogP contribution in [0.4, 0.5) is 0 Å². The number of ether oxygens (including phenoxy) is 4. The van der Waals surface area contributed by atoms with Crippen LogP contribution in [-0.4, -0.2) is 146 Å². The van der Waals surface area contributed by atoms with E-state index in [0.29, 0.717) is 70.4 Å². The molecule has 0 saturated heterocycles. The summed E-state index contributed by atoms with van der Waals surface area (Å²) in [7, 11) is 0. The number of carbonyl (C=O) groups excluding carboxylic acids is 7. The van der Waals surface area contributed by atoms with E-state index in [1.54, 1.807) is 6.92 Å². The largest absolute Gasteiger partial charge is 0.377 e. The van der Waals surface area contributed by atoms with Crippen LogP contribution in [0.25, 0.3) is 0 Å². The molecule has 21 heteroatoms. The second kappa shape index (κ2) is 48.2. The Morgan fingerprint density at radius 1 is 0.516 bits per heavy atom. The highest BCUT2D eigenvalue weighted by Gasteiger charge is 2.20. The molecule has 62 heavy (non-hydrogen) atoms. The maximum atomic E-state index is 12.8. The molecule has 2 atom stereocenters. The van der Waals surface area contributed by atoms with Gasteiger partial charge >= 0.3 is 0 Å². The van der Waals surface area contributed by atoms with Gasteiger partial charge in [-0.3, -0.25) is 34.1 Å². The lowest BCUT2D eigenvalue weighted by Crippen LogP contribution is -2.47. The van der Waals surface area contributed by atoms with Crippen LogP contribution in [-0.2, 0) is 52.5 Å². The second-order valence-corrected chi connectivity index (χ2v) is 14.1. The standard InChI is InChI=1S/C31H62N10O10.C7H14O.C3H8/c32-10-3-1-7-25(31(47)38-11-4-2-6-24(30(35)46)39-22-33)41-27(43)9-5-8-26(42)36-12-14-48-16-18-50-20-28(44)37-13-15-49-17-19-51-21-29(45)40-23-34;1-3-4-5-6-7(2)8;1-3-2/h24-25,39H,1-23,32-34H2,(H2,35,46)(H,36,42)(H,37,44)(H,38,47)(H,40,45)(H,41,43);3-6H2,1-2H3;3H2,1-2H3/t24-,25-;;/m0../s1. The number of carbonyl (C=O) groups is 7. The van der Waals surface area contributed by atoms with Gasteiger partial charge < -0.3 is 73.3 Å². The molecule has 14 N–H and O–H groups in total. The van der Waals surface area contributed by atoms with E-state index in [9.17, 15) is 33.6 Å². The number of ketones is 1. The van der Waals surface area contributed by atoms with E-state index in [2.05, 4.69) is 52.7 Å². The Labute approximate surface area is 370 Å². The minimum Gasteiger partial charge on any atom is -0.377 e. The Hall–Kier alpha value is -3.83. The van der Waals surface area contributed by atoms with Gasteiger partial charge in [0.25, 0.3) is 0 Å². The van der Waals surface area contributed by atoms with Crippen LogP contribution < -0.4 is 54.8 Å². The summed E-state index contributed by atoms with van der Waals surface area (Å²) in [4.78, 5) is 82.1. The molecule has 0 aliphatic heterocycles. The van der Waals surface area contributed by atoms with Crippen molar-refractivity contribution in [2.45, 2.75) is 130 Å². The molecule has 0 bridgehead atoms. The molecule has 0 aromatic rings. The first kappa shape index (κ1) is 62.5. The van der Waals surface area contributed by atoms with Crippen LogP contribution in [0.15, 0.2) is 0 Å². The zero-order valence-electron chi connectivity index (χ0n) is 38.3. The van der Waals surface area contributed by atoms with Gasteiger partial charge in [-0.25, -0.2) is 0 Å². The van der Waals surface area contributed by atoms with Gasteiger partial charge in [-0.1, -0.05) is 40.0 Å². The second-order valence-electron chi connectivity index (χ2n) is 14.1. The van der Waals surface area contributed by atoms with Crippen molar-refractivity contribution in [1.29, 1.82) is 0 Å². The number of rotatable bonds is 39. The minimum absolute atomic E-state index is 0.0493. The monoisotopic (exact) mass is 893 g/mol. The van der Waals surface area contributed by atoms with Gasteiger partial charge in [0, 0.05) is 45.6 Å². The molecular formula is C41H84N10O11. The summed E-state index contributed by atoms with van der Waals surface area (Å²) >= 11 is 0. The third kappa shape index (κ3) is 47.2. The Bertz CT molecular complexity index is 1160. The van der Waals surface area contributed by atoms with Gasteiger partial charge in [0.2, 0.25) is 35.4 Å². The van der Waals surface area contributed by atoms with Crippen molar-refractivity contribution in [2.75, 3.05) is 92.4 Å². The predicted molar refractivity (Wildman–Crippen MR) is 238 cm³/mol. The molecule has 6 amide bonds. The Kier molecular flexibility index (Phi) is 48.6. The fraction of sp³-hybridized carbons (Fsp3) is 0.829. The number of amides is 6. The highest BCUT2D eigenvalue weighted by atomic mass is 16.5. The molecule has 0 radical (unpaired) electrons. The molecule has 0 aromatic carbocycles. The van der Waals surface area contributed by atoms with Crippen LogP contribution in [0.3, 0.4) is 0 Å². The molecule has 21 nitrogen and oxygen atoms in total. The summed E-state index contributed by atoms with van der Waals surface area (Å²) in [6, 6.07) is -1.24. The molecule has 364 valence electrons. The number of nitrogens with two attached hydrogens (primary N) is 4. The fourth-order valence-electron chi connectivity index (χ4n) is 4.96. The average molecular weight is 893 g/mol. The molecule has 0 rings (SSSR count). The van der Waals surface area contributed by atoms with E-state index in [-0.39, 0.29) is 115 Å². The summed E-state index contributed by atoms with van der Waals surface area (Å²) in [5.41, 5.74) is 21.5.